The maximum absolute atomic E-state index is 12.3. The molecule has 0 spiro atoms. The standard InChI is InChI=1S/C13H19N3O2/c1-8(2)16(7-12(15)17)13(18)10-4-5-11(14)9(3)6-10/h4-6,8H,7,14H2,1-3H3,(H2,15,17). The van der Waals surface area contributed by atoms with Crippen molar-refractivity contribution in [2.24, 2.45) is 5.73 Å². The summed E-state index contributed by atoms with van der Waals surface area (Å²) in [4.78, 5) is 24.7. The molecule has 0 aliphatic carbocycles. The second-order valence-electron chi connectivity index (χ2n) is 4.56. The molecule has 0 fully saturated rings. The lowest BCUT2D eigenvalue weighted by Gasteiger charge is -2.25. The molecule has 18 heavy (non-hydrogen) atoms. The Morgan fingerprint density at radius 2 is 1.94 bits per heavy atom. The summed E-state index contributed by atoms with van der Waals surface area (Å²) in [6.07, 6.45) is 0. The minimum atomic E-state index is -0.524. The smallest absolute Gasteiger partial charge is 0.254 e. The predicted molar refractivity (Wildman–Crippen MR) is 71.0 cm³/mol. The van der Waals surface area contributed by atoms with Crippen LogP contribution in [0.1, 0.15) is 29.8 Å². The number of benzene rings is 1. The number of carbonyl (C=O) groups is 2. The van der Waals surface area contributed by atoms with Crippen molar-refractivity contribution in [2.45, 2.75) is 26.8 Å². The number of primary amides is 1. The Hall–Kier alpha value is -2.04. The van der Waals surface area contributed by atoms with Gasteiger partial charge in [0, 0.05) is 17.3 Å². The fourth-order valence-electron chi connectivity index (χ4n) is 1.63. The van der Waals surface area contributed by atoms with E-state index in [2.05, 4.69) is 0 Å². The zero-order valence-corrected chi connectivity index (χ0v) is 10.9. The van der Waals surface area contributed by atoms with Crippen LogP contribution in [0.4, 0.5) is 5.69 Å². The zero-order valence-electron chi connectivity index (χ0n) is 10.9. The van der Waals surface area contributed by atoms with E-state index in [1.54, 1.807) is 18.2 Å². The van der Waals surface area contributed by atoms with Crippen LogP contribution >= 0.6 is 0 Å². The third kappa shape index (κ3) is 3.23. The van der Waals surface area contributed by atoms with Crippen molar-refractivity contribution in [3.8, 4) is 0 Å². The predicted octanol–water partition coefficient (Wildman–Crippen LogP) is 0.913. The Bertz CT molecular complexity index is 469. The average molecular weight is 249 g/mol. The molecule has 0 saturated carbocycles. The molecule has 0 saturated heterocycles. The Balaban J connectivity index is 3.02. The zero-order chi connectivity index (χ0) is 13.9. The van der Waals surface area contributed by atoms with E-state index in [4.69, 9.17) is 11.5 Å². The number of nitrogen functional groups attached to an aromatic ring is 1. The summed E-state index contributed by atoms with van der Waals surface area (Å²) < 4.78 is 0. The average Bonchev–Trinajstić information content (AvgIpc) is 2.28. The van der Waals surface area contributed by atoms with E-state index in [9.17, 15) is 9.59 Å². The number of hydrogen-bond donors (Lipinski definition) is 2. The van der Waals surface area contributed by atoms with E-state index in [1.807, 2.05) is 20.8 Å². The molecule has 4 N–H and O–H groups in total. The van der Waals surface area contributed by atoms with Crippen molar-refractivity contribution in [2.75, 3.05) is 12.3 Å². The number of carbonyl (C=O) groups excluding carboxylic acids is 2. The molecule has 0 aliphatic rings. The quantitative estimate of drug-likeness (QED) is 0.777. The third-order valence-electron chi connectivity index (χ3n) is 2.73. The second kappa shape index (κ2) is 5.53. The van der Waals surface area contributed by atoms with E-state index in [0.29, 0.717) is 11.3 Å². The number of amides is 2. The summed E-state index contributed by atoms with van der Waals surface area (Å²) in [5, 5.41) is 0. The van der Waals surface area contributed by atoms with Gasteiger partial charge < -0.3 is 16.4 Å². The van der Waals surface area contributed by atoms with E-state index in [-0.39, 0.29) is 18.5 Å². The summed E-state index contributed by atoms with van der Waals surface area (Å²) in [5.74, 6) is -0.740. The van der Waals surface area contributed by atoms with Gasteiger partial charge in [-0.25, -0.2) is 0 Å². The number of anilines is 1. The molecule has 0 aliphatic heterocycles. The molecule has 1 aromatic carbocycles. The first-order chi connectivity index (χ1) is 8.32. The molecule has 1 aromatic rings. The van der Waals surface area contributed by atoms with E-state index in [0.717, 1.165) is 5.56 Å². The summed E-state index contributed by atoms with van der Waals surface area (Å²) in [6.45, 7) is 5.43. The van der Waals surface area contributed by atoms with Crippen molar-refractivity contribution >= 4 is 17.5 Å². The molecule has 0 unspecified atom stereocenters. The van der Waals surface area contributed by atoms with Gasteiger partial charge in [-0.15, -0.1) is 0 Å². The number of aryl methyl sites for hydroxylation is 1. The van der Waals surface area contributed by atoms with Crippen LogP contribution < -0.4 is 11.5 Å². The van der Waals surface area contributed by atoms with Gasteiger partial charge in [-0.2, -0.15) is 0 Å². The van der Waals surface area contributed by atoms with Gasteiger partial charge >= 0.3 is 0 Å². The molecule has 5 heteroatoms. The van der Waals surface area contributed by atoms with Gasteiger partial charge in [0.25, 0.3) is 5.91 Å². The maximum Gasteiger partial charge on any atom is 0.254 e. The van der Waals surface area contributed by atoms with Crippen LogP contribution in [0.25, 0.3) is 0 Å². The van der Waals surface area contributed by atoms with Crippen LogP contribution in [0.15, 0.2) is 18.2 Å². The molecular formula is C13H19N3O2. The summed E-state index contributed by atoms with van der Waals surface area (Å²) >= 11 is 0. The molecule has 1 rings (SSSR count). The van der Waals surface area contributed by atoms with Crippen LogP contribution in [0.2, 0.25) is 0 Å². The lowest BCUT2D eigenvalue weighted by Crippen LogP contribution is -2.42. The van der Waals surface area contributed by atoms with E-state index in [1.165, 1.54) is 4.90 Å². The Morgan fingerprint density at radius 1 is 1.33 bits per heavy atom. The first-order valence-corrected chi connectivity index (χ1v) is 5.78. The monoisotopic (exact) mass is 249 g/mol. The van der Waals surface area contributed by atoms with Gasteiger partial charge in [-0.3, -0.25) is 9.59 Å². The molecule has 2 amide bonds. The van der Waals surface area contributed by atoms with Crippen molar-refractivity contribution in [3.05, 3.63) is 29.3 Å². The summed E-state index contributed by atoms with van der Waals surface area (Å²) in [6, 6.07) is 4.96. The van der Waals surface area contributed by atoms with E-state index >= 15 is 0 Å². The lowest BCUT2D eigenvalue weighted by molar-refractivity contribution is -0.119. The van der Waals surface area contributed by atoms with E-state index < -0.39 is 5.91 Å². The largest absolute Gasteiger partial charge is 0.399 e. The fourth-order valence-corrected chi connectivity index (χ4v) is 1.63. The highest BCUT2D eigenvalue weighted by atomic mass is 16.2. The van der Waals surface area contributed by atoms with Crippen LogP contribution in [0, 0.1) is 6.92 Å². The Kier molecular flexibility index (Phi) is 4.31. The van der Waals surface area contributed by atoms with Gasteiger partial charge in [0.15, 0.2) is 0 Å². The highest BCUT2D eigenvalue weighted by Crippen LogP contribution is 2.15. The lowest BCUT2D eigenvalue weighted by atomic mass is 10.1. The molecule has 0 aromatic heterocycles. The summed E-state index contributed by atoms with van der Waals surface area (Å²) in [7, 11) is 0. The molecule has 0 bridgehead atoms. The molecule has 5 nitrogen and oxygen atoms in total. The third-order valence-corrected chi connectivity index (χ3v) is 2.73. The highest BCUT2D eigenvalue weighted by Gasteiger charge is 2.20. The maximum atomic E-state index is 12.3. The Morgan fingerprint density at radius 3 is 2.39 bits per heavy atom. The fraction of sp³-hybridized carbons (Fsp3) is 0.385. The minimum absolute atomic E-state index is 0.0834. The molecule has 0 radical (unpaired) electrons. The van der Waals surface area contributed by atoms with Crippen molar-refractivity contribution in [1.82, 2.24) is 4.90 Å². The molecule has 98 valence electrons. The number of nitrogens with zero attached hydrogens (tertiary/aromatic N) is 1. The second-order valence-corrected chi connectivity index (χ2v) is 4.56. The van der Waals surface area contributed by atoms with Crippen LogP contribution in [-0.4, -0.2) is 29.3 Å². The molecular weight excluding hydrogens is 230 g/mol. The first kappa shape index (κ1) is 14.0. The van der Waals surface area contributed by atoms with Gasteiger partial charge in [-0.1, -0.05) is 0 Å². The number of nitrogens with two attached hydrogens (primary N) is 2. The SMILES string of the molecule is Cc1cc(C(=O)N(CC(N)=O)C(C)C)ccc1N. The van der Waals surface area contributed by atoms with Crippen LogP contribution in [-0.2, 0) is 4.79 Å². The number of hydrogen-bond acceptors (Lipinski definition) is 3. The molecule has 0 heterocycles. The van der Waals surface area contributed by atoms with Gasteiger partial charge in [0.05, 0.1) is 6.54 Å². The van der Waals surface area contributed by atoms with Gasteiger partial charge in [-0.05, 0) is 44.5 Å². The van der Waals surface area contributed by atoms with Crippen molar-refractivity contribution in [1.29, 1.82) is 0 Å². The first-order valence-electron chi connectivity index (χ1n) is 5.78. The Labute approximate surface area is 107 Å². The molecule has 0 atom stereocenters. The summed E-state index contributed by atoms with van der Waals surface area (Å²) in [5.41, 5.74) is 12.8. The van der Waals surface area contributed by atoms with Gasteiger partial charge in [0.2, 0.25) is 5.91 Å². The highest BCUT2D eigenvalue weighted by molar-refractivity contribution is 5.97. The van der Waals surface area contributed by atoms with Gasteiger partial charge in [0.1, 0.15) is 0 Å². The normalized spacial score (nSPS) is 10.4. The van der Waals surface area contributed by atoms with Crippen LogP contribution in [0.5, 0.6) is 0 Å². The topological polar surface area (TPSA) is 89.4 Å². The van der Waals surface area contributed by atoms with Crippen molar-refractivity contribution < 1.29 is 9.59 Å². The van der Waals surface area contributed by atoms with Crippen molar-refractivity contribution in [3.63, 3.8) is 0 Å². The minimum Gasteiger partial charge on any atom is -0.399 e. The number of rotatable bonds is 4. The van der Waals surface area contributed by atoms with Crippen LogP contribution in [0.3, 0.4) is 0 Å².